The monoisotopic (exact) mass is 530 g/mol. The third kappa shape index (κ3) is 7.69. The van der Waals surface area contributed by atoms with Gasteiger partial charge in [-0.1, -0.05) is 39.7 Å². The molecule has 0 aromatic heterocycles. The van der Waals surface area contributed by atoms with E-state index in [1.165, 1.54) is 0 Å². The molecule has 0 atom stereocenters. The summed E-state index contributed by atoms with van der Waals surface area (Å²) in [6.45, 7) is 0.771. The highest BCUT2D eigenvalue weighted by Gasteiger charge is 2.16. The molecular formula is C24H24BrClN4O3. The van der Waals surface area contributed by atoms with Gasteiger partial charge in [0, 0.05) is 39.6 Å². The van der Waals surface area contributed by atoms with Gasteiger partial charge in [0.05, 0.1) is 7.11 Å². The van der Waals surface area contributed by atoms with E-state index in [1.807, 2.05) is 30.3 Å². The zero-order chi connectivity index (χ0) is 23.6. The van der Waals surface area contributed by atoms with E-state index < -0.39 is 0 Å². The summed E-state index contributed by atoms with van der Waals surface area (Å²) in [6, 6.07) is 20.9. The van der Waals surface area contributed by atoms with E-state index in [-0.39, 0.29) is 12.1 Å². The predicted octanol–water partition coefficient (Wildman–Crippen LogP) is 6.36. The molecule has 33 heavy (non-hydrogen) atoms. The van der Waals surface area contributed by atoms with Crippen molar-refractivity contribution in [1.82, 2.24) is 5.32 Å². The molecule has 4 amide bonds. The number of ether oxygens (including phenoxy) is 1. The molecule has 0 aliphatic carbocycles. The van der Waals surface area contributed by atoms with Gasteiger partial charge in [-0.25, -0.2) is 9.59 Å². The minimum atomic E-state index is -0.313. The number of hydrogen-bond acceptors (Lipinski definition) is 3. The lowest BCUT2D eigenvalue weighted by atomic mass is 10.2. The minimum absolute atomic E-state index is 0.305. The van der Waals surface area contributed by atoms with Gasteiger partial charge in [-0.05, 0) is 67.1 Å². The molecule has 9 heteroatoms. The molecule has 0 saturated carbocycles. The summed E-state index contributed by atoms with van der Waals surface area (Å²) in [5, 5.41) is 8.98. The third-order valence-corrected chi connectivity index (χ3v) is 5.36. The van der Waals surface area contributed by atoms with Crippen LogP contribution in [0.1, 0.15) is 6.42 Å². The van der Waals surface area contributed by atoms with Crippen molar-refractivity contribution in [3.05, 3.63) is 82.3 Å². The average Bonchev–Trinajstić information content (AvgIpc) is 2.79. The van der Waals surface area contributed by atoms with Crippen molar-refractivity contribution in [2.45, 2.75) is 6.42 Å². The van der Waals surface area contributed by atoms with Gasteiger partial charge in [0.15, 0.2) is 0 Å². The fourth-order valence-corrected chi connectivity index (χ4v) is 3.64. The Labute approximate surface area is 206 Å². The smallest absolute Gasteiger partial charge is 0.326 e. The van der Waals surface area contributed by atoms with Crippen molar-refractivity contribution in [1.29, 1.82) is 0 Å². The lowest BCUT2D eigenvalue weighted by Crippen LogP contribution is -2.38. The number of nitrogens with zero attached hydrogens (tertiary/aromatic N) is 1. The van der Waals surface area contributed by atoms with Crippen LogP contribution in [0.5, 0.6) is 5.75 Å². The van der Waals surface area contributed by atoms with Crippen LogP contribution in [0.3, 0.4) is 0 Å². The number of urea groups is 2. The molecule has 3 N–H and O–H groups in total. The highest BCUT2D eigenvalue weighted by molar-refractivity contribution is 9.10. The number of amides is 4. The predicted molar refractivity (Wildman–Crippen MR) is 137 cm³/mol. The summed E-state index contributed by atoms with van der Waals surface area (Å²) < 4.78 is 6.08. The minimum Gasteiger partial charge on any atom is -0.497 e. The molecule has 0 fully saturated rings. The molecule has 0 spiro atoms. The fraction of sp³-hybridized carbons (Fsp3) is 0.167. The SMILES string of the molecule is COc1ccc(N(CCCNC(=O)Nc2cccc(Br)c2)C(=O)Nc2cccc(Cl)c2)cc1. The van der Waals surface area contributed by atoms with Crippen LogP contribution in [-0.4, -0.2) is 32.3 Å². The highest BCUT2D eigenvalue weighted by atomic mass is 79.9. The zero-order valence-electron chi connectivity index (χ0n) is 18.0. The van der Waals surface area contributed by atoms with E-state index in [0.29, 0.717) is 47.3 Å². The fourth-order valence-electron chi connectivity index (χ4n) is 3.05. The standard InChI is InChI=1S/C24H24BrClN4O3/c1-33-22-11-9-21(10-12-22)30(24(32)29-20-8-3-6-18(26)16-20)14-4-13-27-23(31)28-19-7-2-5-17(25)15-19/h2-3,5-12,15-16H,4,13-14H2,1H3,(H,29,32)(H2,27,28,31). The molecule has 0 heterocycles. The number of methoxy groups -OCH3 is 1. The molecular weight excluding hydrogens is 508 g/mol. The molecule has 3 aromatic carbocycles. The van der Waals surface area contributed by atoms with Crippen LogP contribution in [0.2, 0.25) is 5.02 Å². The number of rotatable bonds is 8. The summed E-state index contributed by atoms with van der Waals surface area (Å²) in [5.41, 5.74) is 1.98. The Morgan fingerprint density at radius 3 is 2.33 bits per heavy atom. The number of carbonyl (C=O) groups excluding carboxylic acids is 2. The van der Waals surface area contributed by atoms with Gasteiger partial charge in [0.1, 0.15) is 5.75 Å². The van der Waals surface area contributed by atoms with Gasteiger partial charge in [0.2, 0.25) is 0 Å². The molecule has 0 bridgehead atoms. The van der Waals surface area contributed by atoms with Crippen molar-refractivity contribution < 1.29 is 14.3 Å². The van der Waals surface area contributed by atoms with Gasteiger partial charge >= 0.3 is 12.1 Å². The Bertz CT molecular complexity index is 1100. The van der Waals surface area contributed by atoms with Crippen LogP contribution in [-0.2, 0) is 0 Å². The Morgan fingerprint density at radius 2 is 1.67 bits per heavy atom. The first-order valence-corrected chi connectivity index (χ1v) is 11.4. The number of nitrogens with one attached hydrogen (secondary N) is 3. The maximum Gasteiger partial charge on any atom is 0.326 e. The third-order valence-electron chi connectivity index (χ3n) is 4.63. The second kappa shape index (κ2) is 12.1. The van der Waals surface area contributed by atoms with Gasteiger partial charge in [-0.2, -0.15) is 0 Å². The van der Waals surface area contributed by atoms with Crippen LogP contribution in [0.25, 0.3) is 0 Å². The molecule has 0 unspecified atom stereocenters. The average molecular weight is 532 g/mol. The van der Waals surface area contributed by atoms with E-state index in [9.17, 15) is 9.59 Å². The Balaban J connectivity index is 1.60. The van der Waals surface area contributed by atoms with Crippen LogP contribution in [0.4, 0.5) is 26.7 Å². The molecule has 0 aliphatic heterocycles. The maximum atomic E-state index is 13.0. The van der Waals surface area contributed by atoms with Crippen LogP contribution >= 0.6 is 27.5 Å². The molecule has 0 saturated heterocycles. The lowest BCUT2D eigenvalue weighted by molar-refractivity contribution is 0.252. The molecule has 3 aromatic rings. The van der Waals surface area contributed by atoms with E-state index >= 15 is 0 Å². The van der Waals surface area contributed by atoms with E-state index in [0.717, 1.165) is 4.47 Å². The summed E-state index contributed by atoms with van der Waals surface area (Å²) in [7, 11) is 1.59. The summed E-state index contributed by atoms with van der Waals surface area (Å²) >= 11 is 9.40. The Kier molecular flexibility index (Phi) is 8.97. The van der Waals surface area contributed by atoms with Crippen molar-refractivity contribution in [3.8, 4) is 5.75 Å². The van der Waals surface area contributed by atoms with Crippen molar-refractivity contribution in [2.75, 3.05) is 35.7 Å². The van der Waals surface area contributed by atoms with Crippen molar-refractivity contribution in [2.24, 2.45) is 0 Å². The Hall–Kier alpha value is -3.23. The van der Waals surface area contributed by atoms with Crippen molar-refractivity contribution >= 4 is 56.7 Å². The van der Waals surface area contributed by atoms with E-state index in [4.69, 9.17) is 16.3 Å². The largest absolute Gasteiger partial charge is 0.497 e. The number of anilines is 3. The van der Waals surface area contributed by atoms with Crippen LogP contribution in [0.15, 0.2) is 77.3 Å². The first-order chi connectivity index (χ1) is 15.9. The first-order valence-electron chi connectivity index (χ1n) is 10.2. The number of benzene rings is 3. The molecule has 7 nitrogen and oxygen atoms in total. The number of hydrogen-bond donors (Lipinski definition) is 3. The summed E-state index contributed by atoms with van der Waals surface area (Å²) in [5.74, 6) is 0.694. The topological polar surface area (TPSA) is 82.7 Å². The van der Waals surface area contributed by atoms with Crippen LogP contribution in [0, 0.1) is 0 Å². The number of halogens is 2. The summed E-state index contributed by atoms with van der Waals surface area (Å²) in [4.78, 5) is 26.8. The van der Waals surface area contributed by atoms with Crippen LogP contribution < -0.4 is 25.6 Å². The maximum absolute atomic E-state index is 13.0. The second-order valence-electron chi connectivity index (χ2n) is 7.03. The zero-order valence-corrected chi connectivity index (χ0v) is 20.3. The van der Waals surface area contributed by atoms with E-state index in [1.54, 1.807) is 54.5 Å². The molecule has 172 valence electrons. The normalized spacial score (nSPS) is 10.3. The van der Waals surface area contributed by atoms with Crippen molar-refractivity contribution in [3.63, 3.8) is 0 Å². The molecule has 3 rings (SSSR count). The Morgan fingerprint density at radius 1 is 0.970 bits per heavy atom. The summed E-state index contributed by atoms with van der Waals surface area (Å²) in [6.07, 6.45) is 0.543. The van der Waals surface area contributed by atoms with E-state index in [2.05, 4.69) is 31.9 Å². The van der Waals surface area contributed by atoms with Gasteiger partial charge in [-0.15, -0.1) is 0 Å². The quantitative estimate of drug-likeness (QED) is 0.296. The van der Waals surface area contributed by atoms with Gasteiger partial charge in [0.25, 0.3) is 0 Å². The molecule has 0 aliphatic rings. The van der Waals surface area contributed by atoms with Gasteiger partial charge < -0.3 is 20.7 Å². The first kappa shape index (κ1) is 24.4. The lowest BCUT2D eigenvalue weighted by Gasteiger charge is -2.24. The highest BCUT2D eigenvalue weighted by Crippen LogP contribution is 2.22. The molecule has 0 radical (unpaired) electrons. The van der Waals surface area contributed by atoms with Gasteiger partial charge in [-0.3, -0.25) is 4.90 Å². The number of carbonyl (C=O) groups is 2. The second-order valence-corrected chi connectivity index (χ2v) is 8.39.